The maximum absolute atomic E-state index is 12.7. The van der Waals surface area contributed by atoms with Gasteiger partial charge in [-0.2, -0.15) is 13.2 Å². The number of nitro groups is 1. The number of hydrogen-bond donors (Lipinski definition) is 0. The van der Waals surface area contributed by atoms with Gasteiger partial charge in [0.25, 0.3) is 5.69 Å². The molecule has 0 spiro atoms. The molecule has 0 radical (unpaired) electrons. The van der Waals surface area contributed by atoms with Crippen molar-refractivity contribution in [2.24, 2.45) is 0 Å². The molecule has 26 heavy (non-hydrogen) atoms. The molecule has 0 fully saturated rings. The van der Waals surface area contributed by atoms with Gasteiger partial charge in [0.05, 0.1) is 27.8 Å². The van der Waals surface area contributed by atoms with Gasteiger partial charge in [0.15, 0.2) is 0 Å². The molecule has 0 aliphatic rings. The number of alkyl halides is 3. The maximum Gasteiger partial charge on any atom is 0.416 e. The number of hydrogen-bond acceptors (Lipinski definition) is 4. The Bertz CT molecular complexity index is 767. The molecule has 0 unspecified atom stereocenters. The van der Waals surface area contributed by atoms with Crippen molar-refractivity contribution >= 4 is 23.0 Å². The van der Waals surface area contributed by atoms with E-state index >= 15 is 0 Å². The third kappa shape index (κ3) is 5.09. The van der Waals surface area contributed by atoms with Gasteiger partial charge >= 0.3 is 6.18 Å². The Kier molecular flexibility index (Phi) is 6.44. The lowest BCUT2D eigenvalue weighted by Gasteiger charge is -2.25. The number of non-ortho nitro benzene ring substituents is 1. The zero-order chi connectivity index (χ0) is 19.3. The normalized spacial score (nSPS) is 11.4. The lowest BCUT2D eigenvalue weighted by molar-refractivity contribution is -0.384. The summed E-state index contributed by atoms with van der Waals surface area (Å²) in [6.45, 7) is 1.04. The Morgan fingerprint density at radius 3 is 2.35 bits per heavy atom. The predicted octanol–water partition coefficient (Wildman–Crippen LogP) is 4.92. The summed E-state index contributed by atoms with van der Waals surface area (Å²) < 4.78 is 43.1. The number of ether oxygens (including phenoxy) is 1. The molecule has 2 rings (SSSR count). The highest BCUT2D eigenvalue weighted by molar-refractivity contribution is 6.33. The summed E-state index contributed by atoms with van der Waals surface area (Å²) in [5, 5.41) is 11.0. The number of anilines is 1. The standard InChI is InChI=1S/C17H16ClF3N2O3/c1-26-9-8-22(16-7-6-14(23(24)25)10-15(16)18)11-12-2-4-13(5-3-12)17(19,20)21/h2-7,10H,8-9,11H2,1H3. The molecule has 0 atom stereocenters. The monoisotopic (exact) mass is 388 g/mol. The van der Waals surface area contributed by atoms with E-state index in [-0.39, 0.29) is 17.3 Å². The van der Waals surface area contributed by atoms with E-state index in [0.717, 1.165) is 12.1 Å². The van der Waals surface area contributed by atoms with Crippen molar-refractivity contribution in [2.75, 3.05) is 25.2 Å². The molecule has 0 heterocycles. The largest absolute Gasteiger partial charge is 0.416 e. The average Bonchev–Trinajstić information content (AvgIpc) is 2.58. The molecule has 0 bridgehead atoms. The van der Waals surface area contributed by atoms with E-state index in [0.29, 0.717) is 24.4 Å². The first-order valence-electron chi connectivity index (χ1n) is 7.56. The molecule has 2 aromatic rings. The zero-order valence-electron chi connectivity index (χ0n) is 13.8. The lowest BCUT2D eigenvalue weighted by Crippen LogP contribution is -2.27. The van der Waals surface area contributed by atoms with E-state index < -0.39 is 16.7 Å². The van der Waals surface area contributed by atoms with Crippen molar-refractivity contribution in [3.8, 4) is 0 Å². The van der Waals surface area contributed by atoms with Crippen molar-refractivity contribution < 1.29 is 22.8 Å². The van der Waals surface area contributed by atoms with Gasteiger partial charge in [0.2, 0.25) is 0 Å². The average molecular weight is 389 g/mol. The van der Waals surface area contributed by atoms with E-state index in [1.165, 1.54) is 37.4 Å². The highest BCUT2D eigenvalue weighted by atomic mass is 35.5. The van der Waals surface area contributed by atoms with Gasteiger partial charge in [-0.1, -0.05) is 23.7 Å². The van der Waals surface area contributed by atoms with Crippen LogP contribution in [0.25, 0.3) is 0 Å². The highest BCUT2D eigenvalue weighted by Gasteiger charge is 2.30. The van der Waals surface area contributed by atoms with E-state index in [9.17, 15) is 23.3 Å². The van der Waals surface area contributed by atoms with Crippen molar-refractivity contribution in [1.82, 2.24) is 0 Å². The number of rotatable bonds is 7. The maximum atomic E-state index is 12.7. The van der Waals surface area contributed by atoms with Crippen LogP contribution >= 0.6 is 11.6 Å². The number of nitro benzene ring substituents is 1. The second-order valence-electron chi connectivity index (χ2n) is 5.50. The van der Waals surface area contributed by atoms with Crippen molar-refractivity contribution in [3.05, 3.63) is 68.7 Å². The van der Waals surface area contributed by atoms with Crippen LogP contribution in [0.1, 0.15) is 11.1 Å². The molecule has 5 nitrogen and oxygen atoms in total. The van der Waals surface area contributed by atoms with Crippen LogP contribution in [-0.2, 0) is 17.5 Å². The van der Waals surface area contributed by atoms with E-state index in [1.54, 1.807) is 4.90 Å². The molecule has 0 saturated carbocycles. The molecule has 0 aliphatic carbocycles. The molecule has 0 aromatic heterocycles. The second kappa shape index (κ2) is 8.37. The van der Waals surface area contributed by atoms with Gasteiger partial charge in [-0.3, -0.25) is 10.1 Å². The summed E-state index contributed by atoms with van der Waals surface area (Å²) in [4.78, 5) is 12.1. The second-order valence-corrected chi connectivity index (χ2v) is 5.91. The van der Waals surface area contributed by atoms with Gasteiger partial charge in [-0.15, -0.1) is 0 Å². The van der Waals surface area contributed by atoms with Crippen LogP contribution in [-0.4, -0.2) is 25.2 Å². The van der Waals surface area contributed by atoms with Crippen LogP contribution < -0.4 is 4.90 Å². The van der Waals surface area contributed by atoms with Crippen LogP contribution in [0, 0.1) is 10.1 Å². The molecule has 0 N–H and O–H groups in total. The summed E-state index contributed by atoms with van der Waals surface area (Å²) in [5.74, 6) is 0. The van der Waals surface area contributed by atoms with E-state index in [4.69, 9.17) is 16.3 Å². The van der Waals surface area contributed by atoms with Gasteiger partial charge in [0.1, 0.15) is 0 Å². The molecule has 140 valence electrons. The third-order valence-corrected chi connectivity index (χ3v) is 4.01. The highest BCUT2D eigenvalue weighted by Crippen LogP contribution is 2.32. The van der Waals surface area contributed by atoms with Crippen molar-refractivity contribution in [2.45, 2.75) is 12.7 Å². The van der Waals surface area contributed by atoms with Crippen LogP contribution in [0.5, 0.6) is 0 Å². The summed E-state index contributed by atoms with van der Waals surface area (Å²) >= 11 is 6.16. The summed E-state index contributed by atoms with van der Waals surface area (Å²) in [5.41, 5.74) is 0.316. The Balaban J connectivity index is 2.26. The lowest BCUT2D eigenvalue weighted by atomic mass is 10.1. The number of halogens is 4. The van der Waals surface area contributed by atoms with E-state index in [1.807, 2.05) is 0 Å². The third-order valence-electron chi connectivity index (χ3n) is 3.70. The minimum Gasteiger partial charge on any atom is -0.383 e. The first-order chi connectivity index (χ1) is 12.2. The van der Waals surface area contributed by atoms with Gasteiger partial charge < -0.3 is 9.64 Å². The fourth-order valence-electron chi connectivity index (χ4n) is 2.37. The van der Waals surface area contributed by atoms with Crippen LogP contribution in [0.15, 0.2) is 42.5 Å². The van der Waals surface area contributed by atoms with E-state index in [2.05, 4.69) is 0 Å². The number of benzene rings is 2. The number of methoxy groups -OCH3 is 1. The summed E-state index contributed by atoms with van der Waals surface area (Å²) in [6, 6.07) is 8.89. The molecule has 0 aliphatic heterocycles. The minimum atomic E-state index is -4.39. The van der Waals surface area contributed by atoms with Gasteiger partial charge in [-0.05, 0) is 23.8 Å². The smallest absolute Gasteiger partial charge is 0.383 e. The first kappa shape index (κ1) is 20.0. The Labute approximate surface area is 153 Å². The van der Waals surface area contributed by atoms with Crippen LogP contribution in [0.3, 0.4) is 0 Å². The first-order valence-corrected chi connectivity index (χ1v) is 7.94. The van der Waals surface area contributed by atoms with Crippen molar-refractivity contribution in [1.29, 1.82) is 0 Å². The molecular weight excluding hydrogens is 373 g/mol. The SMILES string of the molecule is COCCN(Cc1ccc(C(F)(F)F)cc1)c1ccc([N+](=O)[O-])cc1Cl. The molecule has 2 aromatic carbocycles. The zero-order valence-corrected chi connectivity index (χ0v) is 14.5. The summed E-state index contributed by atoms with van der Waals surface area (Å²) in [6.07, 6.45) is -4.39. The summed E-state index contributed by atoms with van der Waals surface area (Å²) in [7, 11) is 1.52. The van der Waals surface area contributed by atoms with Gasteiger partial charge in [0, 0.05) is 32.3 Å². The Morgan fingerprint density at radius 2 is 1.85 bits per heavy atom. The quantitative estimate of drug-likeness (QED) is 0.499. The van der Waals surface area contributed by atoms with Crippen LogP contribution in [0.2, 0.25) is 5.02 Å². The predicted molar refractivity (Wildman–Crippen MR) is 92.5 cm³/mol. The van der Waals surface area contributed by atoms with Crippen molar-refractivity contribution in [3.63, 3.8) is 0 Å². The molecule has 0 amide bonds. The fraction of sp³-hybridized carbons (Fsp3) is 0.294. The number of nitrogens with zero attached hydrogens (tertiary/aromatic N) is 2. The molecule has 9 heteroatoms. The Morgan fingerprint density at radius 1 is 1.19 bits per heavy atom. The topological polar surface area (TPSA) is 55.6 Å². The fourth-order valence-corrected chi connectivity index (χ4v) is 2.67. The minimum absolute atomic E-state index is 0.139. The van der Waals surface area contributed by atoms with Crippen LogP contribution in [0.4, 0.5) is 24.5 Å². The molecule has 0 saturated heterocycles. The molecular formula is C17H16ClF3N2O3. The Hall–Kier alpha value is -2.32. The van der Waals surface area contributed by atoms with Gasteiger partial charge in [-0.25, -0.2) is 0 Å².